The van der Waals surface area contributed by atoms with Crippen LogP contribution in [0.3, 0.4) is 0 Å². The van der Waals surface area contributed by atoms with Gasteiger partial charge in [-0.3, -0.25) is 0 Å². The third kappa shape index (κ3) is 3.88. The van der Waals surface area contributed by atoms with Crippen LogP contribution in [0.1, 0.15) is 16.0 Å². The van der Waals surface area contributed by atoms with E-state index in [0.717, 1.165) is 16.9 Å². The number of aliphatic hydroxyl groups is 1. The molecule has 0 saturated heterocycles. The van der Waals surface area contributed by atoms with E-state index in [1.807, 2.05) is 0 Å². The molecule has 0 unspecified atom stereocenters. The number of aliphatic hydroxyl groups excluding tert-OH is 1. The molecule has 0 saturated carbocycles. The average Bonchev–Trinajstić information content (AvgIpc) is 2.83. The zero-order valence-electron chi connectivity index (χ0n) is 11.5. The van der Waals surface area contributed by atoms with Gasteiger partial charge in [0.15, 0.2) is 0 Å². The number of hydrogen-bond donors (Lipinski definition) is 2. The Bertz CT molecular complexity index is 726. The van der Waals surface area contributed by atoms with Crippen molar-refractivity contribution in [3.05, 3.63) is 52.2 Å². The molecule has 2 aromatic rings. The van der Waals surface area contributed by atoms with Gasteiger partial charge in [-0.15, -0.1) is 11.3 Å². The van der Waals surface area contributed by atoms with Crippen LogP contribution >= 0.6 is 11.3 Å². The summed E-state index contributed by atoms with van der Waals surface area (Å²) in [6.07, 6.45) is 0.281. The van der Waals surface area contributed by atoms with Crippen LogP contribution in [-0.2, 0) is 23.1 Å². The van der Waals surface area contributed by atoms with Crippen molar-refractivity contribution in [2.24, 2.45) is 0 Å². The lowest BCUT2D eigenvalue weighted by molar-refractivity contribution is 0.285. The molecule has 114 valence electrons. The Hall–Kier alpha value is -1.28. The van der Waals surface area contributed by atoms with Crippen molar-refractivity contribution in [3.8, 4) is 0 Å². The Morgan fingerprint density at radius 3 is 2.67 bits per heavy atom. The molecule has 2 N–H and O–H groups in total. The van der Waals surface area contributed by atoms with Crippen molar-refractivity contribution in [2.45, 2.75) is 24.2 Å². The van der Waals surface area contributed by atoms with E-state index in [1.54, 1.807) is 25.1 Å². The highest BCUT2D eigenvalue weighted by molar-refractivity contribution is 7.91. The Balaban J connectivity index is 2.03. The molecule has 0 aliphatic heterocycles. The first-order valence-electron chi connectivity index (χ1n) is 6.37. The summed E-state index contributed by atoms with van der Waals surface area (Å²) >= 11 is 1.04. The summed E-state index contributed by atoms with van der Waals surface area (Å²) in [6, 6.07) is 7.81. The smallest absolute Gasteiger partial charge is 0.250 e. The maximum absolute atomic E-state index is 13.4. The highest BCUT2D eigenvalue weighted by Crippen LogP contribution is 2.25. The van der Waals surface area contributed by atoms with E-state index in [1.165, 1.54) is 12.1 Å². The lowest BCUT2D eigenvalue weighted by atomic mass is 10.1. The van der Waals surface area contributed by atoms with Gasteiger partial charge in [0, 0.05) is 11.4 Å². The zero-order valence-corrected chi connectivity index (χ0v) is 13.1. The Morgan fingerprint density at radius 2 is 2.05 bits per heavy atom. The summed E-state index contributed by atoms with van der Waals surface area (Å²) in [5, 5.41) is 9.11. The van der Waals surface area contributed by atoms with E-state index >= 15 is 0 Å². The number of benzene rings is 1. The van der Waals surface area contributed by atoms with Crippen molar-refractivity contribution in [2.75, 3.05) is 6.54 Å². The highest BCUT2D eigenvalue weighted by Gasteiger charge is 2.18. The Kier molecular flexibility index (Phi) is 5.10. The maximum Gasteiger partial charge on any atom is 0.250 e. The Labute approximate surface area is 127 Å². The quantitative estimate of drug-likeness (QED) is 0.854. The van der Waals surface area contributed by atoms with Gasteiger partial charge in [-0.05, 0) is 36.6 Å². The van der Waals surface area contributed by atoms with Crippen molar-refractivity contribution < 1.29 is 17.9 Å². The van der Waals surface area contributed by atoms with E-state index in [0.29, 0.717) is 10.4 Å². The van der Waals surface area contributed by atoms with Gasteiger partial charge in [0.05, 0.1) is 6.61 Å². The molecule has 1 aromatic carbocycles. The normalized spacial score (nSPS) is 11.8. The summed E-state index contributed by atoms with van der Waals surface area (Å²) in [7, 11) is -3.62. The Morgan fingerprint density at radius 1 is 1.33 bits per heavy atom. The summed E-state index contributed by atoms with van der Waals surface area (Å²) < 4.78 is 40.3. The minimum Gasteiger partial charge on any atom is -0.391 e. The van der Waals surface area contributed by atoms with Crippen LogP contribution in [0, 0.1) is 12.7 Å². The van der Waals surface area contributed by atoms with Crippen LogP contribution in [0.5, 0.6) is 0 Å². The lowest BCUT2D eigenvalue weighted by Crippen LogP contribution is -2.25. The second-order valence-electron chi connectivity index (χ2n) is 4.57. The molecule has 7 heteroatoms. The van der Waals surface area contributed by atoms with Gasteiger partial charge in [0.25, 0.3) is 0 Å². The molecule has 0 amide bonds. The summed E-state index contributed by atoms with van der Waals surface area (Å²) in [6.45, 7) is 1.69. The minimum absolute atomic E-state index is 0.120. The number of nitrogens with one attached hydrogen (secondary N) is 1. The molecular formula is C14H16FNO3S2. The largest absolute Gasteiger partial charge is 0.391 e. The number of thiophene rings is 1. The number of halogens is 1. The minimum atomic E-state index is -3.62. The molecule has 0 bridgehead atoms. The van der Waals surface area contributed by atoms with Gasteiger partial charge in [-0.1, -0.05) is 18.2 Å². The molecule has 0 atom stereocenters. The standard InChI is InChI=1S/C14H16FNO3S2/c1-10-8-14(20-13(10)9-17)21(18,19)16-7-6-11-4-2-3-5-12(11)15/h2-5,8,16-17H,6-7,9H2,1H3. The van der Waals surface area contributed by atoms with E-state index in [4.69, 9.17) is 5.11 Å². The monoisotopic (exact) mass is 329 g/mol. The van der Waals surface area contributed by atoms with Crippen LogP contribution in [0.4, 0.5) is 4.39 Å². The summed E-state index contributed by atoms with van der Waals surface area (Å²) in [4.78, 5) is 0.629. The van der Waals surface area contributed by atoms with Gasteiger partial charge >= 0.3 is 0 Å². The second kappa shape index (κ2) is 6.65. The first-order valence-corrected chi connectivity index (χ1v) is 8.67. The van der Waals surface area contributed by atoms with Crippen LogP contribution in [0.25, 0.3) is 0 Å². The first-order chi connectivity index (χ1) is 9.94. The van der Waals surface area contributed by atoms with E-state index in [-0.39, 0.29) is 29.6 Å². The molecule has 0 radical (unpaired) electrons. The van der Waals surface area contributed by atoms with Crippen molar-refractivity contribution in [1.82, 2.24) is 4.72 Å². The fraction of sp³-hybridized carbons (Fsp3) is 0.286. The number of aryl methyl sites for hydroxylation is 1. The zero-order chi connectivity index (χ0) is 15.5. The molecular weight excluding hydrogens is 313 g/mol. The summed E-state index contributed by atoms with van der Waals surface area (Å²) in [5.74, 6) is -0.341. The maximum atomic E-state index is 13.4. The lowest BCUT2D eigenvalue weighted by Gasteiger charge is -2.05. The van der Waals surface area contributed by atoms with Crippen molar-refractivity contribution in [1.29, 1.82) is 0 Å². The molecule has 0 fully saturated rings. The third-order valence-corrected chi connectivity index (χ3v) is 6.21. The molecule has 4 nitrogen and oxygen atoms in total. The third-order valence-electron chi connectivity index (χ3n) is 3.05. The SMILES string of the molecule is Cc1cc(S(=O)(=O)NCCc2ccccc2F)sc1CO. The van der Waals surface area contributed by atoms with Gasteiger partial charge in [0.1, 0.15) is 10.0 Å². The van der Waals surface area contributed by atoms with Crippen molar-refractivity contribution >= 4 is 21.4 Å². The fourth-order valence-electron chi connectivity index (χ4n) is 1.87. The molecule has 1 aromatic heterocycles. The van der Waals surface area contributed by atoms with Gasteiger partial charge in [0.2, 0.25) is 10.0 Å². The van der Waals surface area contributed by atoms with Crippen LogP contribution in [0.15, 0.2) is 34.5 Å². The highest BCUT2D eigenvalue weighted by atomic mass is 32.2. The van der Waals surface area contributed by atoms with E-state index in [9.17, 15) is 12.8 Å². The van der Waals surface area contributed by atoms with Crippen LogP contribution in [-0.4, -0.2) is 20.1 Å². The molecule has 0 spiro atoms. The van der Waals surface area contributed by atoms with Crippen molar-refractivity contribution in [3.63, 3.8) is 0 Å². The number of sulfonamides is 1. The summed E-state index contributed by atoms with van der Waals surface area (Å²) in [5.41, 5.74) is 1.22. The molecule has 1 heterocycles. The van der Waals surface area contributed by atoms with Gasteiger partial charge < -0.3 is 5.11 Å². The van der Waals surface area contributed by atoms with Gasteiger partial charge in [-0.2, -0.15) is 0 Å². The van der Waals surface area contributed by atoms with Crippen LogP contribution in [0.2, 0.25) is 0 Å². The molecule has 21 heavy (non-hydrogen) atoms. The van der Waals surface area contributed by atoms with Crippen LogP contribution < -0.4 is 4.72 Å². The number of hydrogen-bond acceptors (Lipinski definition) is 4. The molecule has 0 aliphatic rings. The topological polar surface area (TPSA) is 66.4 Å². The second-order valence-corrected chi connectivity index (χ2v) is 7.70. The predicted octanol–water partition coefficient (Wildman–Crippen LogP) is 2.21. The molecule has 2 rings (SSSR count). The number of rotatable bonds is 6. The molecule has 0 aliphatic carbocycles. The first kappa shape index (κ1) is 16.1. The van der Waals surface area contributed by atoms with E-state index < -0.39 is 10.0 Å². The van der Waals surface area contributed by atoms with E-state index in [2.05, 4.69) is 4.72 Å². The predicted molar refractivity (Wildman–Crippen MR) is 80.3 cm³/mol. The average molecular weight is 329 g/mol. The van der Waals surface area contributed by atoms with Gasteiger partial charge in [-0.25, -0.2) is 17.5 Å². The fourth-order valence-corrected chi connectivity index (χ4v) is 4.40.